The van der Waals surface area contributed by atoms with Gasteiger partial charge in [-0.2, -0.15) is 0 Å². The second-order valence-corrected chi connectivity index (χ2v) is 7.26. The number of hydrogen-bond donors (Lipinski definition) is 0. The zero-order chi connectivity index (χ0) is 15.1. The molecule has 4 nitrogen and oxygen atoms in total. The highest BCUT2D eigenvalue weighted by atomic mass is 32.2. The largest absolute Gasteiger partial charge is 0.350 e. The molecule has 0 N–H and O–H groups in total. The molecule has 5 heteroatoms. The summed E-state index contributed by atoms with van der Waals surface area (Å²) in [4.78, 5) is 12.1. The number of thioether (sulfide) groups is 1. The Hall–Kier alpha value is -1.75. The molecule has 1 saturated heterocycles. The number of aromatic nitrogens is 2. The number of hydrogen-bond acceptors (Lipinski definition) is 4. The zero-order valence-electron chi connectivity index (χ0n) is 12.9. The van der Waals surface area contributed by atoms with Gasteiger partial charge in [0.2, 0.25) is 0 Å². The lowest BCUT2D eigenvalue weighted by atomic mass is 10.0. The van der Waals surface area contributed by atoms with Crippen LogP contribution in [-0.2, 0) is 6.54 Å². The molecule has 4 heterocycles. The van der Waals surface area contributed by atoms with Gasteiger partial charge < -0.3 is 9.47 Å². The molecule has 2 aliphatic rings. The molecule has 0 radical (unpaired) electrons. The number of rotatable bonds is 3. The van der Waals surface area contributed by atoms with Crippen molar-refractivity contribution < 1.29 is 0 Å². The minimum Gasteiger partial charge on any atom is -0.350 e. The number of aryl methyl sites for hydroxylation is 1. The van der Waals surface area contributed by atoms with E-state index < -0.39 is 0 Å². The van der Waals surface area contributed by atoms with Crippen molar-refractivity contribution in [3.63, 3.8) is 0 Å². The van der Waals surface area contributed by atoms with Crippen LogP contribution in [0.25, 0.3) is 0 Å². The molecule has 114 valence electrons. The van der Waals surface area contributed by atoms with Gasteiger partial charge in [0.25, 0.3) is 0 Å². The molecule has 2 aliphatic heterocycles. The summed E-state index contributed by atoms with van der Waals surface area (Å²) in [5.41, 5.74) is 2.40. The molecular formula is C17H20N4S. The summed E-state index contributed by atoms with van der Waals surface area (Å²) in [7, 11) is 0. The predicted molar refractivity (Wildman–Crippen MR) is 91.0 cm³/mol. The van der Waals surface area contributed by atoms with Gasteiger partial charge in [-0.05, 0) is 31.2 Å². The third kappa shape index (κ3) is 2.15. The van der Waals surface area contributed by atoms with Crippen molar-refractivity contribution in [1.29, 1.82) is 0 Å². The van der Waals surface area contributed by atoms with Crippen molar-refractivity contribution in [3.05, 3.63) is 54.1 Å². The van der Waals surface area contributed by atoms with E-state index in [1.807, 2.05) is 24.0 Å². The van der Waals surface area contributed by atoms with Gasteiger partial charge in [0.05, 0.1) is 11.7 Å². The Balaban J connectivity index is 1.79. The smallest absolute Gasteiger partial charge is 0.160 e. The molecule has 2 aromatic heterocycles. The molecule has 0 spiro atoms. The average molecular weight is 312 g/mol. The Morgan fingerprint density at radius 1 is 1.27 bits per heavy atom. The maximum atomic E-state index is 5.01. The lowest BCUT2D eigenvalue weighted by molar-refractivity contribution is 0.307. The topological polar surface area (TPSA) is 33.4 Å². The Bertz CT molecular complexity index is 694. The van der Waals surface area contributed by atoms with Gasteiger partial charge in [0.15, 0.2) is 5.17 Å². The summed E-state index contributed by atoms with van der Waals surface area (Å²) in [6, 6.07) is 10.8. The van der Waals surface area contributed by atoms with Crippen molar-refractivity contribution in [2.75, 3.05) is 6.54 Å². The first-order valence-electron chi connectivity index (χ1n) is 7.85. The number of pyridine rings is 1. The second-order valence-electron chi connectivity index (χ2n) is 5.86. The van der Waals surface area contributed by atoms with Crippen molar-refractivity contribution in [1.82, 2.24) is 14.5 Å². The lowest BCUT2D eigenvalue weighted by Crippen LogP contribution is -2.30. The van der Waals surface area contributed by atoms with Crippen LogP contribution in [0.4, 0.5) is 0 Å². The van der Waals surface area contributed by atoms with E-state index in [9.17, 15) is 0 Å². The van der Waals surface area contributed by atoms with Gasteiger partial charge in [-0.15, -0.1) is 0 Å². The third-order valence-corrected chi connectivity index (χ3v) is 5.49. The van der Waals surface area contributed by atoms with Gasteiger partial charge in [-0.1, -0.05) is 24.8 Å². The molecule has 4 rings (SSSR count). The van der Waals surface area contributed by atoms with Crippen LogP contribution in [0.2, 0.25) is 0 Å². The Morgan fingerprint density at radius 3 is 2.95 bits per heavy atom. The van der Waals surface area contributed by atoms with Crippen LogP contribution in [0, 0.1) is 0 Å². The van der Waals surface area contributed by atoms with Crippen LogP contribution in [0.15, 0.2) is 47.7 Å². The van der Waals surface area contributed by atoms with Crippen LogP contribution < -0.4 is 0 Å². The maximum Gasteiger partial charge on any atom is 0.160 e. The zero-order valence-corrected chi connectivity index (χ0v) is 13.7. The lowest BCUT2D eigenvalue weighted by Gasteiger charge is -2.28. The summed E-state index contributed by atoms with van der Waals surface area (Å²) in [6.45, 7) is 6.51. The number of aliphatic imine (C=N–C) groups is 1. The minimum absolute atomic E-state index is 0.0939. The third-order valence-electron chi connectivity index (χ3n) is 4.39. The highest BCUT2D eigenvalue weighted by Crippen LogP contribution is 2.47. The molecule has 22 heavy (non-hydrogen) atoms. The van der Waals surface area contributed by atoms with Gasteiger partial charge in [0, 0.05) is 36.4 Å². The van der Waals surface area contributed by atoms with Crippen molar-refractivity contribution in [3.8, 4) is 0 Å². The van der Waals surface area contributed by atoms with Gasteiger partial charge in [-0.25, -0.2) is 0 Å². The molecule has 0 unspecified atom stereocenters. The minimum atomic E-state index is 0.0939. The molecule has 2 aromatic rings. The molecular weight excluding hydrogens is 292 g/mol. The van der Waals surface area contributed by atoms with Crippen LogP contribution >= 0.6 is 11.8 Å². The van der Waals surface area contributed by atoms with Crippen LogP contribution in [-0.4, -0.2) is 31.4 Å². The maximum absolute atomic E-state index is 5.01. The van der Waals surface area contributed by atoms with E-state index >= 15 is 0 Å². The van der Waals surface area contributed by atoms with Crippen LogP contribution in [0.3, 0.4) is 0 Å². The van der Waals surface area contributed by atoms with Crippen LogP contribution in [0.5, 0.6) is 0 Å². The molecule has 3 atom stereocenters. The number of fused-ring (bicyclic) bond motifs is 1. The van der Waals surface area contributed by atoms with Gasteiger partial charge in [0.1, 0.15) is 6.04 Å². The highest BCUT2D eigenvalue weighted by Gasteiger charge is 2.44. The molecule has 1 fully saturated rings. The highest BCUT2D eigenvalue weighted by molar-refractivity contribution is 8.14. The molecule has 0 bridgehead atoms. The Kier molecular flexibility index (Phi) is 3.45. The fourth-order valence-electron chi connectivity index (χ4n) is 3.42. The molecule has 0 aliphatic carbocycles. The summed E-state index contributed by atoms with van der Waals surface area (Å²) in [5, 5.41) is 1.79. The van der Waals surface area contributed by atoms with Crippen LogP contribution in [0.1, 0.15) is 37.3 Å². The van der Waals surface area contributed by atoms with E-state index in [0.717, 1.165) is 18.8 Å². The molecule has 0 saturated carbocycles. The standard InChI is InChI=1S/C17H20N4S/c1-3-20-10-6-8-14(20)16-15(13-7-4-5-9-18-13)19-17-21(16)11-12(2)22-17/h4-10,12,15-16H,3,11H2,1-2H3/t12-,15+,16-/m1/s1. The fraction of sp³-hybridized carbons (Fsp3) is 0.412. The molecule has 0 aromatic carbocycles. The first-order valence-corrected chi connectivity index (χ1v) is 8.73. The summed E-state index contributed by atoms with van der Waals surface area (Å²) < 4.78 is 2.33. The average Bonchev–Trinajstić information content (AvgIpc) is 3.21. The number of amidine groups is 1. The van der Waals surface area contributed by atoms with Crippen molar-refractivity contribution in [2.45, 2.75) is 37.7 Å². The number of nitrogens with zero attached hydrogens (tertiary/aromatic N) is 4. The first kappa shape index (κ1) is 13.9. The van der Waals surface area contributed by atoms with E-state index in [4.69, 9.17) is 4.99 Å². The van der Waals surface area contributed by atoms with E-state index in [-0.39, 0.29) is 12.1 Å². The summed E-state index contributed by atoms with van der Waals surface area (Å²) in [6.07, 6.45) is 4.03. The Labute approximate surface area is 135 Å². The van der Waals surface area contributed by atoms with Gasteiger partial charge >= 0.3 is 0 Å². The van der Waals surface area contributed by atoms with E-state index in [2.05, 4.69) is 58.8 Å². The van der Waals surface area contributed by atoms with Gasteiger partial charge in [-0.3, -0.25) is 9.98 Å². The van der Waals surface area contributed by atoms with E-state index in [1.54, 1.807) is 0 Å². The SMILES string of the molecule is CCn1cccc1[C@@H]1[C@H](c2ccccn2)N=C2S[C@H](C)CN21. The molecule has 0 amide bonds. The van der Waals surface area contributed by atoms with E-state index in [0.29, 0.717) is 5.25 Å². The fourth-order valence-corrected chi connectivity index (χ4v) is 4.51. The normalized spacial score (nSPS) is 27.1. The van der Waals surface area contributed by atoms with Crippen molar-refractivity contribution >= 4 is 16.9 Å². The monoisotopic (exact) mass is 312 g/mol. The summed E-state index contributed by atoms with van der Waals surface area (Å²) in [5.74, 6) is 0. The Morgan fingerprint density at radius 2 is 2.18 bits per heavy atom. The van der Waals surface area contributed by atoms with Crippen molar-refractivity contribution in [2.24, 2.45) is 4.99 Å². The van der Waals surface area contributed by atoms with E-state index in [1.165, 1.54) is 10.9 Å². The quantitative estimate of drug-likeness (QED) is 0.870. The second kappa shape index (κ2) is 5.47. The predicted octanol–water partition coefficient (Wildman–Crippen LogP) is 3.49. The summed E-state index contributed by atoms with van der Waals surface area (Å²) >= 11 is 1.89. The first-order chi connectivity index (χ1) is 10.8.